The first-order valence-corrected chi connectivity index (χ1v) is 11.9. The number of carbonyl (C=O) groups is 1. The van der Waals surface area contributed by atoms with E-state index in [9.17, 15) is 17.6 Å². The predicted octanol–water partition coefficient (Wildman–Crippen LogP) is 3.85. The van der Waals surface area contributed by atoms with Gasteiger partial charge in [-0.3, -0.25) is 9.79 Å². The molecule has 0 spiro atoms. The summed E-state index contributed by atoms with van der Waals surface area (Å²) in [7, 11) is -2.81. The Bertz CT molecular complexity index is 1300. The van der Waals surface area contributed by atoms with Crippen LogP contribution in [0.3, 0.4) is 0 Å². The van der Waals surface area contributed by atoms with E-state index in [1.807, 2.05) is 12.5 Å². The second-order valence-electron chi connectivity index (χ2n) is 7.17. The Kier molecular flexibility index (Phi) is 8.55. The molecule has 2 aliphatic heterocycles. The molecular weight excluding hydrogens is 473 g/mol. The van der Waals surface area contributed by atoms with Gasteiger partial charge in [0, 0.05) is 48.3 Å². The minimum absolute atomic E-state index is 0. The highest BCUT2D eigenvalue weighted by molar-refractivity contribution is 7.93. The van der Waals surface area contributed by atoms with Gasteiger partial charge in [-0.15, -0.1) is 10.2 Å². The van der Waals surface area contributed by atoms with Gasteiger partial charge in [0.1, 0.15) is 5.83 Å². The molecule has 0 saturated heterocycles. The van der Waals surface area contributed by atoms with Gasteiger partial charge in [-0.05, 0) is 43.0 Å². The molecule has 2 radical (unpaired) electrons. The molecule has 0 aliphatic carbocycles. The van der Waals surface area contributed by atoms with E-state index in [4.69, 9.17) is 0 Å². The predicted molar refractivity (Wildman–Crippen MR) is 142 cm³/mol. The van der Waals surface area contributed by atoms with Crippen LogP contribution in [0.4, 0.5) is 10.1 Å². The third-order valence-electron chi connectivity index (χ3n) is 4.90. The van der Waals surface area contributed by atoms with E-state index >= 15 is 0 Å². The van der Waals surface area contributed by atoms with Crippen LogP contribution in [0.2, 0.25) is 0 Å². The van der Waals surface area contributed by atoms with E-state index in [0.717, 1.165) is 11.6 Å². The van der Waals surface area contributed by atoms with Gasteiger partial charge in [0.2, 0.25) is 16.2 Å². The molecule has 1 aromatic rings. The standard InChI is InChI=1S/C23H24FN7O3S.4H2/c1-4-20(35(33,34)25-3)19(15(2)24)13-28-23(32)17-6-5-7-18(12-17)27-14-21-29-22(31-30-21)16-8-10-26-11-9-16;;;;/h4-10,12,25,27H,1-2,11,13-14H2,3H3,(H,28,32);4*1H/b20-19+;;;;. The van der Waals surface area contributed by atoms with Crippen LogP contribution in [-0.4, -0.2) is 53.1 Å². The summed E-state index contributed by atoms with van der Waals surface area (Å²) in [6.45, 7) is 7.03. The Morgan fingerprint density at radius 1 is 1.31 bits per heavy atom. The summed E-state index contributed by atoms with van der Waals surface area (Å²) in [5, 5.41) is 13.8. The van der Waals surface area contributed by atoms with Crippen molar-refractivity contribution in [1.29, 1.82) is 0 Å². The van der Waals surface area contributed by atoms with Crippen molar-refractivity contribution in [2.75, 3.05) is 32.0 Å². The summed E-state index contributed by atoms with van der Waals surface area (Å²) in [6, 6.07) is 6.58. The number of aliphatic imine (C=N–C) groups is 2. The Morgan fingerprint density at radius 2 is 2.11 bits per heavy atom. The van der Waals surface area contributed by atoms with Crippen LogP contribution in [0, 0.1) is 12.6 Å². The van der Waals surface area contributed by atoms with Crippen molar-refractivity contribution in [3.8, 4) is 0 Å². The van der Waals surface area contributed by atoms with E-state index in [1.165, 1.54) is 7.05 Å². The Morgan fingerprint density at radius 3 is 2.77 bits per heavy atom. The number of hydrogen-bond acceptors (Lipinski definition) is 8. The molecule has 10 nitrogen and oxygen atoms in total. The fourth-order valence-corrected chi connectivity index (χ4v) is 4.04. The van der Waals surface area contributed by atoms with Gasteiger partial charge in [-0.25, -0.2) is 22.5 Å². The van der Waals surface area contributed by atoms with E-state index in [1.54, 1.807) is 30.5 Å². The lowest BCUT2D eigenvalue weighted by molar-refractivity contribution is 0.0957. The zero-order valence-corrected chi connectivity index (χ0v) is 19.8. The summed E-state index contributed by atoms with van der Waals surface area (Å²) < 4.78 is 40.3. The molecule has 2 aliphatic rings. The molecule has 0 fully saturated rings. The highest BCUT2D eigenvalue weighted by atomic mass is 32.2. The second kappa shape index (κ2) is 11.6. The molecule has 1 aromatic carbocycles. The van der Waals surface area contributed by atoms with E-state index in [2.05, 4.69) is 48.7 Å². The van der Waals surface area contributed by atoms with Gasteiger partial charge in [0.15, 0.2) is 5.84 Å². The first-order valence-electron chi connectivity index (χ1n) is 10.4. The number of allylic oxidation sites excluding steroid dienone is 2. The number of nitrogens with zero attached hydrogens (tertiary/aromatic N) is 4. The van der Waals surface area contributed by atoms with Gasteiger partial charge >= 0.3 is 0 Å². The Balaban J connectivity index is 0. The average molecular weight is 506 g/mol. The van der Waals surface area contributed by atoms with Crippen LogP contribution in [-0.2, 0) is 10.0 Å². The summed E-state index contributed by atoms with van der Waals surface area (Å²) >= 11 is 0. The largest absolute Gasteiger partial charge is 0.378 e. The number of rotatable bonds is 11. The van der Waals surface area contributed by atoms with Crippen molar-refractivity contribution < 1.29 is 23.3 Å². The number of carbonyl (C=O) groups excluding carboxylic acids is 1. The average Bonchev–Trinajstić information content (AvgIpc) is 3.34. The Labute approximate surface area is 209 Å². The summed E-state index contributed by atoms with van der Waals surface area (Å²) in [4.78, 5) is 20.7. The summed E-state index contributed by atoms with van der Waals surface area (Å²) in [5.74, 6) is -1.05. The Hall–Kier alpha value is -3.77. The lowest BCUT2D eigenvalue weighted by Crippen LogP contribution is -2.28. The monoisotopic (exact) mass is 505 g/mol. The molecule has 12 heteroatoms. The first-order chi connectivity index (χ1) is 16.7. The lowest BCUT2D eigenvalue weighted by atomic mass is 10.1. The SMILES string of the molecule is C=C/C(=C(/CNC(=O)c1cccc(NCC2=N[C](C3=CC=NC[CH]3)N=N2)c1)C(=C)F)S(=O)(=O)NC.[HH].[HH].[HH].[HH]. The fraction of sp³-hybridized carbons (Fsp3) is 0.174. The minimum Gasteiger partial charge on any atom is -0.378 e. The van der Waals surface area contributed by atoms with Crippen molar-refractivity contribution in [2.24, 2.45) is 20.2 Å². The van der Waals surface area contributed by atoms with Crippen LogP contribution in [0.5, 0.6) is 0 Å². The molecule has 0 saturated carbocycles. The maximum Gasteiger partial charge on any atom is 0.251 e. The number of halogens is 1. The van der Waals surface area contributed by atoms with Crippen molar-refractivity contribution in [2.45, 2.75) is 0 Å². The van der Waals surface area contributed by atoms with Crippen LogP contribution in [0.25, 0.3) is 0 Å². The summed E-state index contributed by atoms with van der Waals surface area (Å²) in [5.41, 5.74) is 1.45. The molecule has 2 heterocycles. The highest BCUT2D eigenvalue weighted by Gasteiger charge is 2.22. The van der Waals surface area contributed by atoms with Gasteiger partial charge in [-0.1, -0.05) is 19.2 Å². The zero-order valence-electron chi connectivity index (χ0n) is 19.0. The van der Waals surface area contributed by atoms with Crippen molar-refractivity contribution in [1.82, 2.24) is 10.0 Å². The molecule has 190 valence electrons. The number of nitrogens with one attached hydrogen (secondary N) is 3. The van der Waals surface area contributed by atoms with Crippen LogP contribution >= 0.6 is 0 Å². The highest BCUT2D eigenvalue weighted by Crippen LogP contribution is 2.26. The number of dihydropyridines is 1. The van der Waals surface area contributed by atoms with Crippen LogP contribution in [0.15, 0.2) is 91.7 Å². The number of sulfonamides is 1. The molecule has 3 N–H and O–H groups in total. The van der Waals surface area contributed by atoms with Crippen molar-refractivity contribution >= 4 is 33.7 Å². The summed E-state index contributed by atoms with van der Waals surface area (Å²) in [6.07, 6.45) is 6.91. The third-order valence-corrected chi connectivity index (χ3v) is 6.43. The number of anilines is 1. The number of amidine groups is 1. The molecule has 1 amide bonds. The van der Waals surface area contributed by atoms with Gasteiger partial charge in [0.05, 0.1) is 11.4 Å². The molecule has 0 atom stereocenters. The lowest BCUT2D eigenvalue weighted by Gasteiger charge is -2.13. The quantitative estimate of drug-likeness (QED) is 0.393. The number of hydrogen-bond donors (Lipinski definition) is 3. The topological polar surface area (TPSA) is 137 Å². The van der Waals surface area contributed by atoms with Crippen molar-refractivity contribution in [3.63, 3.8) is 0 Å². The van der Waals surface area contributed by atoms with Gasteiger partial charge in [0.25, 0.3) is 5.91 Å². The van der Waals surface area contributed by atoms with Crippen molar-refractivity contribution in [3.05, 3.63) is 89.6 Å². The van der Waals surface area contributed by atoms with Gasteiger partial charge < -0.3 is 10.6 Å². The molecule has 0 aromatic heterocycles. The number of azo groups is 1. The molecule has 35 heavy (non-hydrogen) atoms. The van der Waals surface area contributed by atoms with E-state index < -0.39 is 33.2 Å². The van der Waals surface area contributed by atoms with Crippen LogP contribution < -0.4 is 15.4 Å². The van der Waals surface area contributed by atoms with Gasteiger partial charge in [-0.2, -0.15) is 0 Å². The smallest absolute Gasteiger partial charge is 0.251 e. The number of benzene rings is 1. The normalized spacial score (nSPS) is 16.3. The molecular formula is C23H32FN7O3S. The second-order valence-corrected chi connectivity index (χ2v) is 9.02. The van der Waals surface area contributed by atoms with E-state index in [0.29, 0.717) is 24.2 Å². The maximum absolute atomic E-state index is 14.0. The maximum atomic E-state index is 14.0. The molecule has 3 rings (SSSR count). The van der Waals surface area contributed by atoms with E-state index in [-0.39, 0.29) is 23.4 Å². The fourth-order valence-electron chi connectivity index (χ4n) is 3.09. The minimum atomic E-state index is -3.99. The molecule has 0 unspecified atom stereocenters. The van der Waals surface area contributed by atoms with Crippen LogP contribution in [0.1, 0.15) is 16.1 Å². The first kappa shape index (κ1) is 25.8. The zero-order chi connectivity index (χ0) is 25.4. The number of amides is 1. The third kappa shape index (κ3) is 6.64. The molecule has 0 bridgehead atoms.